The first-order valence-electron chi connectivity index (χ1n) is 18.4. The van der Waals surface area contributed by atoms with Gasteiger partial charge in [0.2, 0.25) is 0 Å². The quantitative estimate of drug-likeness (QED) is 0.163. The molecule has 0 saturated heterocycles. The summed E-state index contributed by atoms with van der Waals surface area (Å²) in [6, 6.07) is 48.9. The number of nitrogens with zero attached hydrogens (tertiary/aromatic N) is 1. The van der Waals surface area contributed by atoms with Gasteiger partial charge < -0.3 is 14.0 Å². The lowest BCUT2D eigenvalue weighted by Crippen LogP contribution is -2.57. The highest BCUT2D eigenvalue weighted by Gasteiger charge is 2.47. The molecule has 8 aromatic rings. The summed E-state index contributed by atoms with van der Waals surface area (Å²) in [7, 11) is 0. The van der Waals surface area contributed by atoms with Gasteiger partial charge in [-0.05, 0) is 80.2 Å². The van der Waals surface area contributed by atoms with E-state index in [0.717, 1.165) is 50.6 Å². The van der Waals surface area contributed by atoms with Gasteiger partial charge in [-0.3, -0.25) is 0 Å². The molecule has 0 fully saturated rings. The van der Waals surface area contributed by atoms with Crippen LogP contribution in [0.25, 0.3) is 49.7 Å². The van der Waals surface area contributed by atoms with Crippen molar-refractivity contribution in [2.75, 3.05) is 0 Å². The molecular formula is C48H34BNO2. The number of benzene rings is 7. The zero-order valence-corrected chi connectivity index (χ0v) is 29.5. The first-order valence-corrected chi connectivity index (χ1v) is 18.4. The van der Waals surface area contributed by atoms with E-state index in [4.69, 9.17) is 9.47 Å². The van der Waals surface area contributed by atoms with Crippen LogP contribution in [-0.2, 0) is 10.8 Å². The normalized spacial score (nSPS) is 15.9. The highest BCUT2D eigenvalue weighted by atomic mass is 16.5. The SMILES string of the molecule is CC1(C)c2ccccc2-c2cc3c(cc21)Oc1c2c(cc4c5ccccc5n(-c5ccccc5)c14)Oc1c(ccc4c1-c1ccccc1C4(C)C)B32. The van der Waals surface area contributed by atoms with Gasteiger partial charge >= 0.3 is 0 Å². The molecular weight excluding hydrogens is 633 g/mol. The van der Waals surface area contributed by atoms with E-state index < -0.39 is 0 Å². The Bertz CT molecular complexity index is 2910. The van der Waals surface area contributed by atoms with Crippen LogP contribution in [0, 0.1) is 0 Å². The molecule has 4 heteroatoms. The van der Waals surface area contributed by atoms with Crippen LogP contribution < -0.4 is 25.9 Å². The third kappa shape index (κ3) is 3.34. The monoisotopic (exact) mass is 667 g/mol. The van der Waals surface area contributed by atoms with E-state index in [0.29, 0.717) is 0 Å². The van der Waals surface area contributed by atoms with Gasteiger partial charge in [-0.25, -0.2) is 0 Å². The average molecular weight is 668 g/mol. The minimum atomic E-state index is -0.148. The largest absolute Gasteiger partial charge is 0.458 e. The Labute approximate surface area is 303 Å². The maximum absolute atomic E-state index is 7.34. The van der Waals surface area contributed by atoms with Crippen molar-refractivity contribution in [3.8, 4) is 50.9 Å². The number of fused-ring (bicyclic) bond motifs is 15. The molecule has 2 aliphatic heterocycles. The average Bonchev–Trinajstić information content (AvgIpc) is 3.71. The van der Waals surface area contributed by atoms with E-state index in [1.165, 1.54) is 60.8 Å². The van der Waals surface area contributed by atoms with E-state index in [1.54, 1.807) is 0 Å². The first-order chi connectivity index (χ1) is 25.3. The second kappa shape index (κ2) is 9.46. The van der Waals surface area contributed by atoms with Gasteiger partial charge in [0.15, 0.2) is 5.75 Å². The molecule has 246 valence electrons. The maximum Gasteiger partial charge on any atom is 0.260 e. The van der Waals surface area contributed by atoms with Crippen molar-refractivity contribution in [3.05, 3.63) is 156 Å². The van der Waals surface area contributed by atoms with Crippen molar-refractivity contribution >= 4 is 44.9 Å². The molecule has 0 saturated carbocycles. The van der Waals surface area contributed by atoms with Crippen molar-refractivity contribution in [2.45, 2.75) is 38.5 Å². The fourth-order valence-corrected chi connectivity index (χ4v) is 10.3. The number of para-hydroxylation sites is 2. The minimum Gasteiger partial charge on any atom is -0.458 e. The summed E-state index contributed by atoms with van der Waals surface area (Å²) in [5.74, 6) is 3.65. The Kier molecular flexibility index (Phi) is 5.21. The smallest absolute Gasteiger partial charge is 0.260 e. The standard InChI is InChI=1S/C48H34BNO2/c1-47(2)34-20-12-9-18-30(34)42-35(47)22-23-37-45(42)52-41-25-32-29-17-10-13-21-39(29)50(27-14-6-5-7-15-27)44(32)46-43(41)49(37)38-24-31-28-16-8-11-19-33(28)48(3,4)36(31)26-40(38)51-46/h5-26H,1-4H3. The van der Waals surface area contributed by atoms with Gasteiger partial charge in [0.05, 0.1) is 11.0 Å². The van der Waals surface area contributed by atoms with Gasteiger partial charge in [0.1, 0.15) is 17.2 Å². The van der Waals surface area contributed by atoms with Crippen LogP contribution in [0.3, 0.4) is 0 Å². The summed E-state index contributed by atoms with van der Waals surface area (Å²) in [6.45, 7) is 9.29. The summed E-state index contributed by atoms with van der Waals surface area (Å²) in [6.07, 6.45) is 0. The Balaban J connectivity index is 1.22. The lowest BCUT2D eigenvalue weighted by atomic mass is 9.34. The molecule has 12 rings (SSSR count). The molecule has 3 heterocycles. The molecule has 7 aromatic carbocycles. The predicted molar refractivity (Wildman–Crippen MR) is 214 cm³/mol. The van der Waals surface area contributed by atoms with Gasteiger partial charge in [-0.1, -0.05) is 131 Å². The molecule has 1 aromatic heterocycles. The fourth-order valence-electron chi connectivity index (χ4n) is 10.3. The summed E-state index contributed by atoms with van der Waals surface area (Å²) in [5, 5.41) is 2.30. The van der Waals surface area contributed by atoms with E-state index in [9.17, 15) is 0 Å². The van der Waals surface area contributed by atoms with Crippen LogP contribution in [0.5, 0.6) is 23.0 Å². The molecule has 0 radical (unpaired) electrons. The lowest BCUT2D eigenvalue weighted by Gasteiger charge is -2.35. The van der Waals surface area contributed by atoms with Crippen molar-refractivity contribution in [2.24, 2.45) is 0 Å². The Morgan fingerprint density at radius 1 is 0.500 bits per heavy atom. The minimum absolute atomic E-state index is 0.0773. The van der Waals surface area contributed by atoms with E-state index in [2.05, 4.69) is 166 Å². The number of ether oxygens (including phenoxy) is 2. The Hall–Kier alpha value is -6.00. The summed E-state index contributed by atoms with van der Waals surface area (Å²) in [4.78, 5) is 0. The molecule has 2 aliphatic carbocycles. The molecule has 3 nitrogen and oxygen atoms in total. The number of rotatable bonds is 1. The van der Waals surface area contributed by atoms with E-state index in [1.807, 2.05) is 0 Å². The highest BCUT2D eigenvalue weighted by molar-refractivity contribution is 6.98. The summed E-state index contributed by atoms with van der Waals surface area (Å²) >= 11 is 0. The highest BCUT2D eigenvalue weighted by Crippen LogP contribution is 2.55. The molecule has 52 heavy (non-hydrogen) atoms. The van der Waals surface area contributed by atoms with Crippen LogP contribution in [0.2, 0.25) is 0 Å². The van der Waals surface area contributed by atoms with E-state index >= 15 is 0 Å². The molecule has 0 unspecified atom stereocenters. The molecule has 0 bridgehead atoms. The zero-order valence-electron chi connectivity index (χ0n) is 29.5. The third-order valence-electron chi connectivity index (χ3n) is 12.7. The van der Waals surface area contributed by atoms with Crippen LogP contribution in [0.15, 0.2) is 133 Å². The van der Waals surface area contributed by atoms with Crippen LogP contribution in [0.4, 0.5) is 0 Å². The van der Waals surface area contributed by atoms with Gasteiger partial charge in [0, 0.05) is 38.3 Å². The summed E-state index contributed by atoms with van der Waals surface area (Å²) < 4.78 is 17.0. The Morgan fingerprint density at radius 3 is 2.00 bits per heavy atom. The molecule has 0 atom stereocenters. The molecule has 0 amide bonds. The second-order valence-electron chi connectivity index (χ2n) is 16.0. The third-order valence-corrected chi connectivity index (χ3v) is 12.7. The van der Waals surface area contributed by atoms with Crippen LogP contribution in [0.1, 0.15) is 49.9 Å². The lowest BCUT2D eigenvalue weighted by molar-refractivity contribution is 0.467. The van der Waals surface area contributed by atoms with Gasteiger partial charge in [-0.2, -0.15) is 0 Å². The number of hydrogen-bond acceptors (Lipinski definition) is 2. The van der Waals surface area contributed by atoms with Crippen LogP contribution >= 0.6 is 0 Å². The van der Waals surface area contributed by atoms with Gasteiger partial charge in [0.25, 0.3) is 6.71 Å². The van der Waals surface area contributed by atoms with Crippen molar-refractivity contribution in [1.29, 1.82) is 0 Å². The Morgan fingerprint density at radius 2 is 1.17 bits per heavy atom. The zero-order chi connectivity index (χ0) is 34.7. The van der Waals surface area contributed by atoms with Gasteiger partial charge in [-0.15, -0.1) is 0 Å². The molecule has 0 spiro atoms. The molecule has 4 aliphatic rings. The predicted octanol–water partition coefficient (Wildman–Crippen LogP) is 10.1. The maximum atomic E-state index is 7.34. The second-order valence-corrected chi connectivity index (χ2v) is 16.0. The topological polar surface area (TPSA) is 23.4 Å². The van der Waals surface area contributed by atoms with E-state index in [-0.39, 0.29) is 17.5 Å². The van der Waals surface area contributed by atoms with Crippen molar-refractivity contribution in [1.82, 2.24) is 4.57 Å². The number of aromatic nitrogens is 1. The van der Waals surface area contributed by atoms with Crippen molar-refractivity contribution < 1.29 is 9.47 Å². The molecule has 0 N–H and O–H groups in total. The fraction of sp³-hybridized carbons (Fsp3) is 0.125. The van der Waals surface area contributed by atoms with Crippen LogP contribution in [-0.4, -0.2) is 11.3 Å². The first kappa shape index (κ1) is 28.7. The summed E-state index contributed by atoms with van der Waals surface area (Å²) in [5.41, 5.74) is 17.0. The van der Waals surface area contributed by atoms with Crippen molar-refractivity contribution in [3.63, 3.8) is 0 Å². The number of hydrogen-bond donors (Lipinski definition) is 0.